The van der Waals surface area contributed by atoms with Crippen LogP contribution < -0.4 is 5.73 Å². The van der Waals surface area contributed by atoms with Crippen LogP contribution in [0.1, 0.15) is 31.4 Å². The van der Waals surface area contributed by atoms with E-state index < -0.39 is 0 Å². The summed E-state index contributed by atoms with van der Waals surface area (Å²) in [5, 5.41) is 0. The van der Waals surface area contributed by atoms with Crippen molar-refractivity contribution in [1.29, 1.82) is 0 Å². The SMILES string of the molecule is C=C(C)CCC(N)c1cc(Br)ccc1F. The molecule has 15 heavy (non-hydrogen) atoms. The molecule has 1 rings (SSSR count). The van der Waals surface area contributed by atoms with Gasteiger partial charge in [-0.05, 0) is 38.0 Å². The summed E-state index contributed by atoms with van der Waals surface area (Å²) in [6.45, 7) is 5.75. The third kappa shape index (κ3) is 3.76. The molecule has 82 valence electrons. The van der Waals surface area contributed by atoms with E-state index >= 15 is 0 Å². The number of halogens is 2. The van der Waals surface area contributed by atoms with Gasteiger partial charge in [0, 0.05) is 16.1 Å². The third-order valence-corrected chi connectivity index (χ3v) is 2.73. The van der Waals surface area contributed by atoms with Gasteiger partial charge in [0.1, 0.15) is 5.82 Å². The highest BCUT2D eigenvalue weighted by Crippen LogP contribution is 2.24. The van der Waals surface area contributed by atoms with Crippen molar-refractivity contribution in [2.24, 2.45) is 5.73 Å². The molecule has 3 heteroatoms. The Morgan fingerprint density at radius 1 is 1.60 bits per heavy atom. The summed E-state index contributed by atoms with van der Waals surface area (Å²) in [6, 6.07) is 4.57. The largest absolute Gasteiger partial charge is 0.324 e. The van der Waals surface area contributed by atoms with Gasteiger partial charge < -0.3 is 5.73 Å². The number of hydrogen-bond acceptors (Lipinski definition) is 1. The Kier molecular flexibility index (Phi) is 4.48. The Morgan fingerprint density at radius 3 is 2.87 bits per heavy atom. The first kappa shape index (κ1) is 12.4. The highest BCUT2D eigenvalue weighted by atomic mass is 79.9. The Hall–Kier alpha value is -0.670. The van der Waals surface area contributed by atoms with Gasteiger partial charge in [-0.25, -0.2) is 4.39 Å². The lowest BCUT2D eigenvalue weighted by molar-refractivity contribution is 0.563. The fourth-order valence-electron chi connectivity index (χ4n) is 1.36. The molecular weight excluding hydrogens is 257 g/mol. The van der Waals surface area contributed by atoms with E-state index in [1.165, 1.54) is 6.07 Å². The van der Waals surface area contributed by atoms with Crippen LogP contribution in [0, 0.1) is 5.82 Å². The lowest BCUT2D eigenvalue weighted by Gasteiger charge is -2.13. The van der Waals surface area contributed by atoms with Crippen molar-refractivity contribution in [1.82, 2.24) is 0 Å². The van der Waals surface area contributed by atoms with Gasteiger partial charge in [0.25, 0.3) is 0 Å². The minimum Gasteiger partial charge on any atom is -0.324 e. The van der Waals surface area contributed by atoms with E-state index in [4.69, 9.17) is 5.73 Å². The molecule has 1 nitrogen and oxygen atoms in total. The summed E-state index contributed by atoms with van der Waals surface area (Å²) < 4.78 is 14.3. The molecule has 0 amide bonds. The summed E-state index contributed by atoms with van der Waals surface area (Å²) in [6.07, 6.45) is 1.55. The quantitative estimate of drug-likeness (QED) is 0.825. The Morgan fingerprint density at radius 2 is 2.27 bits per heavy atom. The molecule has 0 aliphatic rings. The lowest BCUT2D eigenvalue weighted by Crippen LogP contribution is -2.12. The van der Waals surface area contributed by atoms with Gasteiger partial charge in [-0.15, -0.1) is 6.58 Å². The van der Waals surface area contributed by atoms with Gasteiger partial charge in [-0.1, -0.05) is 21.5 Å². The summed E-state index contributed by atoms with van der Waals surface area (Å²) in [5.74, 6) is -0.243. The zero-order chi connectivity index (χ0) is 11.4. The van der Waals surface area contributed by atoms with Gasteiger partial charge in [0.2, 0.25) is 0 Å². The predicted molar refractivity (Wildman–Crippen MR) is 65.1 cm³/mol. The standard InChI is InChI=1S/C12H15BrFN/c1-8(2)3-6-12(15)10-7-9(13)4-5-11(10)14/h4-5,7,12H,1,3,6,15H2,2H3. The van der Waals surface area contributed by atoms with Crippen LogP contribution in [0.4, 0.5) is 4.39 Å². The average Bonchev–Trinajstić information content (AvgIpc) is 2.18. The minimum atomic E-state index is -0.265. The van der Waals surface area contributed by atoms with Crippen LogP contribution in [0.3, 0.4) is 0 Å². The molecule has 1 aromatic carbocycles. The van der Waals surface area contributed by atoms with E-state index in [0.29, 0.717) is 5.56 Å². The topological polar surface area (TPSA) is 26.0 Å². The second-order valence-corrected chi connectivity index (χ2v) is 4.68. The van der Waals surface area contributed by atoms with Crippen LogP contribution >= 0.6 is 15.9 Å². The van der Waals surface area contributed by atoms with Crippen molar-refractivity contribution in [2.45, 2.75) is 25.8 Å². The number of hydrogen-bond donors (Lipinski definition) is 1. The van der Waals surface area contributed by atoms with Crippen molar-refractivity contribution in [3.63, 3.8) is 0 Å². The van der Waals surface area contributed by atoms with E-state index in [1.54, 1.807) is 12.1 Å². The molecule has 1 aromatic rings. The summed E-state index contributed by atoms with van der Waals surface area (Å²) in [4.78, 5) is 0. The van der Waals surface area contributed by atoms with Crippen molar-refractivity contribution in [3.8, 4) is 0 Å². The van der Waals surface area contributed by atoms with Gasteiger partial charge in [-0.2, -0.15) is 0 Å². The van der Waals surface area contributed by atoms with Crippen LogP contribution in [0.15, 0.2) is 34.8 Å². The van der Waals surface area contributed by atoms with Crippen LogP contribution in [0.25, 0.3) is 0 Å². The van der Waals surface area contributed by atoms with Crippen LogP contribution in [0.5, 0.6) is 0 Å². The third-order valence-electron chi connectivity index (χ3n) is 2.24. The van der Waals surface area contributed by atoms with Crippen LogP contribution in [-0.4, -0.2) is 0 Å². The maximum absolute atomic E-state index is 13.4. The molecule has 2 N–H and O–H groups in total. The molecule has 0 aliphatic heterocycles. The lowest BCUT2D eigenvalue weighted by atomic mass is 10.0. The molecule has 0 saturated heterocycles. The second kappa shape index (κ2) is 5.42. The van der Waals surface area contributed by atoms with E-state index in [0.717, 1.165) is 22.9 Å². The number of allylic oxidation sites excluding steroid dienone is 1. The first-order chi connectivity index (χ1) is 7.00. The number of nitrogens with two attached hydrogens (primary N) is 1. The molecule has 0 aromatic heterocycles. The molecule has 0 heterocycles. The van der Waals surface area contributed by atoms with Gasteiger partial charge >= 0.3 is 0 Å². The van der Waals surface area contributed by atoms with Crippen molar-refractivity contribution >= 4 is 15.9 Å². The Balaban J connectivity index is 2.76. The van der Waals surface area contributed by atoms with E-state index in [9.17, 15) is 4.39 Å². The van der Waals surface area contributed by atoms with Crippen LogP contribution in [0.2, 0.25) is 0 Å². The maximum atomic E-state index is 13.4. The Labute approximate surface area is 98.3 Å². The predicted octanol–water partition coefficient (Wildman–Crippen LogP) is 3.94. The molecule has 0 saturated carbocycles. The summed E-state index contributed by atoms with van der Waals surface area (Å²) >= 11 is 3.30. The normalized spacial score (nSPS) is 12.5. The van der Waals surface area contributed by atoms with Gasteiger partial charge in [-0.3, -0.25) is 0 Å². The van der Waals surface area contributed by atoms with E-state index in [2.05, 4.69) is 22.5 Å². The van der Waals surface area contributed by atoms with E-state index in [-0.39, 0.29) is 11.9 Å². The van der Waals surface area contributed by atoms with Crippen LogP contribution in [-0.2, 0) is 0 Å². The Bertz CT molecular complexity index is 363. The maximum Gasteiger partial charge on any atom is 0.128 e. The molecule has 1 atom stereocenters. The van der Waals surface area contributed by atoms with Gasteiger partial charge in [0.05, 0.1) is 0 Å². The summed E-state index contributed by atoms with van der Waals surface area (Å²) in [5.41, 5.74) is 7.54. The fourth-order valence-corrected chi connectivity index (χ4v) is 1.73. The van der Waals surface area contributed by atoms with Crippen molar-refractivity contribution in [2.75, 3.05) is 0 Å². The highest BCUT2D eigenvalue weighted by Gasteiger charge is 2.11. The molecule has 0 bridgehead atoms. The van der Waals surface area contributed by atoms with Gasteiger partial charge in [0.15, 0.2) is 0 Å². The number of benzene rings is 1. The molecule has 0 aliphatic carbocycles. The molecular formula is C12H15BrFN. The first-order valence-electron chi connectivity index (χ1n) is 4.85. The zero-order valence-electron chi connectivity index (χ0n) is 8.76. The van der Waals surface area contributed by atoms with Crippen molar-refractivity contribution < 1.29 is 4.39 Å². The number of rotatable bonds is 4. The molecule has 0 spiro atoms. The second-order valence-electron chi connectivity index (χ2n) is 3.77. The average molecular weight is 272 g/mol. The smallest absolute Gasteiger partial charge is 0.128 e. The molecule has 1 unspecified atom stereocenters. The molecule has 0 fully saturated rings. The fraction of sp³-hybridized carbons (Fsp3) is 0.333. The first-order valence-corrected chi connectivity index (χ1v) is 5.65. The highest BCUT2D eigenvalue weighted by molar-refractivity contribution is 9.10. The summed E-state index contributed by atoms with van der Waals surface area (Å²) in [7, 11) is 0. The van der Waals surface area contributed by atoms with Crippen molar-refractivity contribution in [3.05, 3.63) is 46.2 Å². The zero-order valence-corrected chi connectivity index (χ0v) is 10.3. The molecule has 0 radical (unpaired) electrons. The monoisotopic (exact) mass is 271 g/mol. The minimum absolute atomic E-state index is 0.243. The van der Waals surface area contributed by atoms with E-state index in [1.807, 2.05) is 6.92 Å².